The minimum atomic E-state index is -0.272. The van der Waals surface area contributed by atoms with Gasteiger partial charge in [0.05, 0.1) is 24.2 Å². The second-order valence-electron chi connectivity index (χ2n) is 5.88. The number of nitriles is 1. The molecule has 0 aliphatic rings. The van der Waals surface area contributed by atoms with Crippen LogP contribution in [0.5, 0.6) is 11.5 Å². The summed E-state index contributed by atoms with van der Waals surface area (Å²) < 4.78 is 13.7. The van der Waals surface area contributed by atoms with E-state index in [1.54, 1.807) is 24.3 Å². The van der Waals surface area contributed by atoms with Gasteiger partial charge in [-0.2, -0.15) is 15.0 Å². The molecule has 0 aliphatic carbocycles. The van der Waals surface area contributed by atoms with Gasteiger partial charge in [0.2, 0.25) is 0 Å². The summed E-state index contributed by atoms with van der Waals surface area (Å²) in [5, 5.41) is 13.7. The van der Waals surface area contributed by atoms with Crippen molar-refractivity contribution in [1.29, 1.82) is 5.26 Å². The standard InChI is InChI=1S/C20H16Br2N4O3/c1-3-18-25-16-5-4-13(21)9-15(16)20(27)26(18)24-11-12-8-14(22)10-17(28-2)19(12)29-7-6-23/h4-5,8-11H,3,7H2,1-2H3. The number of aryl methyl sites for hydroxylation is 1. The number of rotatable bonds is 6. The molecule has 0 saturated carbocycles. The van der Waals surface area contributed by atoms with Crippen LogP contribution in [-0.2, 0) is 6.42 Å². The maximum atomic E-state index is 13.0. The van der Waals surface area contributed by atoms with E-state index in [0.29, 0.717) is 40.2 Å². The summed E-state index contributed by atoms with van der Waals surface area (Å²) in [6.45, 7) is 1.76. The number of hydrogen-bond acceptors (Lipinski definition) is 6. The van der Waals surface area contributed by atoms with Crippen LogP contribution in [0, 0.1) is 11.3 Å². The van der Waals surface area contributed by atoms with Crippen molar-refractivity contribution in [2.75, 3.05) is 13.7 Å². The maximum absolute atomic E-state index is 13.0. The van der Waals surface area contributed by atoms with Crippen LogP contribution in [-0.4, -0.2) is 29.6 Å². The van der Waals surface area contributed by atoms with Crippen molar-refractivity contribution in [3.63, 3.8) is 0 Å². The molecule has 0 radical (unpaired) electrons. The number of methoxy groups -OCH3 is 1. The van der Waals surface area contributed by atoms with Crippen LogP contribution in [0.4, 0.5) is 0 Å². The normalized spacial score (nSPS) is 11.0. The monoisotopic (exact) mass is 518 g/mol. The lowest BCUT2D eigenvalue weighted by molar-refractivity contribution is 0.329. The summed E-state index contributed by atoms with van der Waals surface area (Å²) in [7, 11) is 1.51. The van der Waals surface area contributed by atoms with Gasteiger partial charge in [-0.1, -0.05) is 38.8 Å². The molecule has 0 unspecified atom stereocenters. The lowest BCUT2D eigenvalue weighted by Crippen LogP contribution is -2.22. The Morgan fingerprint density at radius 3 is 2.76 bits per heavy atom. The summed E-state index contributed by atoms with van der Waals surface area (Å²) in [5.74, 6) is 1.34. The third kappa shape index (κ3) is 4.49. The highest BCUT2D eigenvalue weighted by Gasteiger charge is 2.13. The van der Waals surface area contributed by atoms with E-state index in [9.17, 15) is 4.79 Å². The smallest absolute Gasteiger partial charge is 0.282 e. The van der Waals surface area contributed by atoms with Gasteiger partial charge in [-0.3, -0.25) is 4.79 Å². The summed E-state index contributed by atoms with van der Waals surface area (Å²) in [6, 6.07) is 10.8. The number of benzene rings is 2. The van der Waals surface area contributed by atoms with Crippen LogP contribution >= 0.6 is 31.9 Å². The molecule has 1 heterocycles. The third-order valence-corrected chi connectivity index (χ3v) is 5.00. The van der Waals surface area contributed by atoms with Crippen molar-refractivity contribution in [3.8, 4) is 17.6 Å². The Kier molecular flexibility index (Phi) is 6.67. The predicted octanol–water partition coefficient (Wildman–Crippen LogP) is 4.28. The average Bonchev–Trinajstić information content (AvgIpc) is 2.72. The molecule has 7 nitrogen and oxygen atoms in total. The average molecular weight is 520 g/mol. The molecule has 2 aromatic carbocycles. The van der Waals surface area contributed by atoms with E-state index in [1.165, 1.54) is 18.0 Å². The molecule has 0 N–H and O–H groups in total. The first-order valence-corrected chi connectivity index (χ1v) is 10.2. The second kappa shape index (κ2) is 9.20. The van der Waals surface area contributed by atoms with Crippen LogP contribution < -0.4 is 15.0 Å². The van der Waals surface area contributed by atoms with Gasteiger partial charge in [-0.15, -0.1) is 0 Å². The molecule has 1 aromatic heterocycles. The first-order valence-electron chi connectivity index (χ1n) is 8.61. The SMILES string of the molecule is CCc1nc2ccc(Br)cc2c(=O)n1N=Cc1cc(Br)cc(OC)c1OCC#N. The quantitative estimate of drug-likeness (QED) is 0.453. The van der Waals surface area contributed by atoms with Crippen LogP contribution in [0.15, 0.2) is 49.2 Å². The van der Waals surface area contributed by atoms with E-state index in [4.69, 9.17) is 14.7 Å². The molecule has 29 heavy (non-hydrogen) atoms. The number of aromatic nitrogens is 2. The Labute approximate surface area is 183 Å². The van der Waals surface area contributed by atoms with E-state index < -0.39 is 0 Å². The highest BCUT2D eigenvalue weighted by atomic mass is 79.9. The van der Waals surface area contributed by atoms with E-state index in [-0.39, 0.29) is 12.2 Å². The van der Waals surface area contributed by atoms with Crippen LogP contribution in [0.2, 0.25) is 0 Å². The van der Waals surface area contributed by atoms with E-state index in [1.807, 2.05) is 19.1 Å². The molecular formula is C20H16Br2N4O3. The minimum Gasteiger partial charge on any atom is -0.493 e. The highest BCUT2D eigenvalue weighted by Crippen LogP contribution is 2.34. The van der Waals surface area contributed by atoms with Crippen molar-refractivity contribution >= 4 is 49.0 Å². The number of halogens is 2. The van der Waals surface area contributed by atoms with Crippen molar-refractivity contribution < 1.29 is 9.47 Å². The van der Waals surface area contributed by atoms with Gasteiger partial charge >= 0.3 is 0 Å². The Morgan fingerprint density at radius 2 is 2.07 bits per heavy atom. The van der Waals surface area contributed by atoms with Crippen molar-refractivity contribution in [1.82, 2.24) is 9.66 Å². The fourth-order valence-corrected chi connectivity index (χ4v) is 3.57. The summed E-state index contributed by atoms with van der Waals surface area (Å²) >= 11 is 6.80. The lowest BCUT2D eigenvalue weighted by atomic mass is 10.2. The molecule has 3 rings (SSSR count). The zero-order valence-electron chi connectivity index (χ0n) is 15.6. The molecule has 0 amide bonds. The molecule has 3 aromatic rings. The molecule has 0 saturated heterocycles. The molecule has 0 atom stereocenters. The van der Waals surface area contributed by atoms with E-state index in [2.05, 4.69) is 41.9 Å². The lowest BCUT2D eigenvalue weighted by Gasteiger charge is -2.12. The Hall–Kier alpha value is -2.70. The second-order valence-corrected chi connectivity index (χ2v) is 7.71. The van der Waals surface area contributed by atoms with Gasteiger partial charge in [-0.25, -0.2) is 4.98 Å². The molecule has 0 spiro atoms. The number of fused-ring (bicyclic) bond motifs is 1. The molecule has 0 bridgehead atoms. The van der Waals surface area contributed by atoms with Gasteiger partial charge in [0, 0.05) is 20.9 Å². The maximum Gasteiger partial charge on any atom is 0.282 e. The minimum absolute atomic E-state index is 0.148. The third-order valence-electron chi connectivity index (χ3n) is 4.05. The van der Waals surface area contributed by atoms with Crippen molar-refractivity contribution in [2.24, 2.45) is 5.10 Å². The van der Waals surface area contributed by atoms with Crippen molar-refractivity contribution in [3.05, 3.63) is 61.0 Å². The Balaban J connectivity index is 2.16. The first-order chi connectivity index (χ1) is 14.0. The molecular weight excluding hydrogens is 504 g/mol. The van der Waals surface area contributed by atoms with Crippen LogP contribution in [0.1, 0.15) is 18.3 Å². The molecule has 0 aliphatic heterocycles. The number of nitrogens with zero attached hydrogens (tertiary/aromatic N) is 4. The van der Waals surface area contributed by atoms with Gasteiger partial charge in [0.1, 0.15) is 11.9 Å². The largest absolute Gasteiger partial charge is 0.493 e. The zero-order valence-corrected chi connectivity index (χ0v) is 18.8. The van der Waals surface area contributed by atoms with E-state index in [0.717, 1.165) is 8.95 Å². The van der Waals surface area contributed by atoms with Gasteiger partial charge in [0.25, 0.3) is 5.56 Å². The van der Waals surface area contributed by atoms with Crippen LogP contribution in [0.3, 0.4) is 0 Å². The van der Waals surface area contributed by atoms with Gasteiger partial charge in [-0.05, 0) is 30.3 Å². The summed E-state index contributed by atoms with van der Waals surface area (Å²) in [6.07, 6.45) is 2.02. The number of hydrogen-bond donors (Lipinski definition) is 0. The van der Waals surface area contributed by atoms with Crippen molar-refractivity contribution in [2.45, 2.75) is 13.3 Å². The fraction of sp³-hybridized carbons (Fsp3) is 0.200. The zero-order chi connectivity index (χ0) is 21.0. The highest BCUT2D eigenvalue weighted by molar-refractivity contribution is 9.10. The summed E-state index contributed by atoms with van der Waals surface area (Å²) in [5.41, 5.74) is 0.893. The number of ether oxygens (including phenoxy) is 2. The first kappa shape index (κ1) is 21.0. The predicted molar refractivity (Wildman–Crippen MR) is 118 cm³/mol. The molecule has 9 heteroatoms. The molecule has 148 valence electrons. The van der Waals surface area contributed by atoms with E-state index >= 15 is 0 Å². The fourth-order valence-electron chi connectivity index (χ4n) is 2.76. The van der Waals surface area contributed by atoms with Gasteiger partial charge in [0.15, 0.2) is 18.1 Å². The van der Waals surface area contributed by atoms with Crippen LogP contribution in [0.25, 0.3) is 10.9 Å². The Morgan fingerprint density at radius 1 is 1.28 bits per heavy atom. The topological polar surface area (TPSA) is 89.5 Å². The Bertz CT molecular complexity index is 1200. The summed E-state index contributed by atoms with van der Waals surface area (Å²) in [4.78, 5) is 17.6. The van der Waals surface area contributed by atoms with Gasteiger partial charge < -0.3 is 9.47 Å². The molecule has 0 fully saturated rings.